The summed E-state index contributed by atoms with van der Waals surface area (Å²) in [6, 6.07) is 3.11. The zero-order valence-corrected chi connectivity index (χ0v) is 10.5. The minimum absolute atomic E-state index is 0.0943. The first-order chi connectivity index (χ1) is 8.13. The van der Waals surface area contributed by atoms with Crippen molar-refractivity contribution >= 4 is 27.7 Å². The topological polar surface area (TPSA) is 54.0 Å². The van der Waals surface area contributed by atoms with Crippen LogP contribution >= 0.6 is 15.9 Å². The number of carbonyl (C=O) groups excluding carboxylic acids is 1. The molecule has 4 nitrogen and oxygen atoms in total. The van der Waals surface area contributed by atoms with Crippen LogP contribution in [0.5, 0.6) is 0 Å². The van der Waals surface area contributed by atoms with Crippen LogP contribution in [0.4, 0.5) is 10.2 Å². The van der Waals surface area contributed by atoms with Crippen molar-refractivity contribution in [1.29, 1.82) is 0 Å². The smallest absolute Gasteiger partial charge is 0.242 e. The van der Waals surface area contributed by atoms with Gasteiger partial charge < -0.3 is 10.6 Å². The van der Waals surface area contributed by atoms with Crippen LogP contribution in [0.3, 0.4) is 0 Å². The quantitative estimate of drug-likeness (QED) is 0.817. The summed E-state index contributed by atoms with van der Waals surface area (Å²) in [5.74, 6) is 0.496. The predicted octanol–water partition coefficient (Wildman–Crippen LogP) is 1.67. The molecule has 0 bridgehead atoms. The number of hydrogen-bond donors (Lipinski definition) is 2. The number of fused-ring (bicyclic) bond motifs is 1. The molecule has 1 saturated carbocycles. The molecule has 2 aliphatic rings. The molecule has 0 radical (unpaired) electrons. The molecule has 1 aliphatic heterocycles. The first-order valence-electron chi connectivity index (χ1n) is 5.52. The molecule has 17 heavy (non-hydrogen) atoms. The second-order valence-corrected chi connectivity index (χ2v) is 5.27. The summed E-state index contributed by atoms with van der Waals surface area (Å²) in [5.41, 5.74) is 0. The molecule has 1 aliphatic carbocycles. The highest BCUT2D eigenvalue weighted by Gasteiger charge is 2.47. The van der Waals surface area contributed by atoms with Gasteiger partial charge in [0.15, 0.2) is 5.82 Å². The maximum absolute atomic E-state index is 13.0. The summed E-state index contributed by atoms with van der Waals surface area (Å²) < 4.78 is 13.1. The number of amides is 1. The van der Waals surface area contributed by atoms with E-state index in [2.05, 4.69) is 31.5 Å². The van der Waals surface area contributed by atoms with Crippen molar-refractivity contribution in [3.05, 3.63) is 22.6 Å². The van der Waals surface area contributed by atoms with Crippen LogP contribution in [0.25, 0.3) is 0 Å². The molecular formula is C11H11BrFN3O. The first-order valence-corrected chi connectivity index (χ1v) is 6.32. The Morgan fingerprint density at radius 2 is 2.35 bits per heavy atom. The molecule has 0 aromatic carbocycles. The minimum atomic E-state index is -0.441. The summed E-state index contributed by atoms with van der Waals surface area (Å²) in [4.78, 5) is 15.8. The van der Waals surface area contributed by atoms with Gasteiger partial charge in [-0.15, -0.1) is 0 Å². The van der Waals surface area contributed by atoms with Crippen molar-refractivity contribution in [3.8, 4) is 0 Å². The number of nitrogens with zero attached hydrogens (tertiary/aromatic N) is 1. The fourth-order valence-electron chi connectivity index (χ4n) is 2.22. The lowest BCUT2D eigenvalue weighted by molar-refractivity contribution is -0.118. The normalized spacial score (nSPS) is 29.9. The largest absolute Gasteiger partial charge is 0.309 e. The van der Waals surface area contributed by atoms with Crippen LogP contribution in [-0.4, -0.2) is 23.0 Å². The summed E-state index contributed by atoms with van der Waals surface area (Å²) in [6.45, 7) is 0. The Labute approximate surface area is 106 Å². The van der Waals surface area contributed by atoms with Crippen LogP contribution < -0.4 is 10.6 Å². The number of rotatable bonds is 2. The molecule has 90 valence electrons. The molecule has 3 unspecified atom stereocenters. The number of anilines is 1. The molecule has 0 spiro atoms. The Hall–Kier alpha value is -1.01. The van der Waals surface area contributed by atoms with Gasteiger partial charge in [-0.3, -0.25) is 4.79 Å². The number of carbonyl (C=O) groups is 1. The van der Waals surface area contributed by atoms with E-state index in [1.165, 1.54) is 18.6 Å². The summed E-state index contributed by atoms with van der Waals surface area (Å²) in [7, 11) is 0. The molecule has 6 heteroatoms. The maximum atomic E-state index is 13.0. The molecular weight excluding hydrogens is 289 g/mol. The number of aromatic nitrogens is 1. The van der Waals surface area contributed by atoms with E-state index >= 15 is 0 Å². The average molecular weight is 300 g/mol. The fourth-order valence-corrected chi connectivity index (χ4v) is 2.55. The van der Waals surface area contributed by atoms with Gasteiger partial charge in [0.1, 0.15) is 10.4 Å². The number of pyridine rings is 1. The summed E-state index contributed by atoms with van der Waals surface area (Å²) in [6.07, 6.45) is 2.07. The number of nitrogens with one attached hydrogen (secondary N) is 2. The average Bonchev–Trinajstić information content (AvgIpc) is 2.91. The highest BCUT2D eigenvalue weighted by molar-refractivity contribution is 9.10. The van der Waals surface area contributed by atoms with E-state index in [1.54, 1.807) is 0 Å². The Morgan fingerprint density at radius 1 is 1.53 bits per heavy atom. The van der Waals surface area contributed by atoms with Crippen molar-refractivity contribution in [2.45, 2.75) is 24.9 Å². The number of piperidine rings is 1. The summed E-state index contributed by atoms with van der Waals surface area (Å²) in [5, 5.41) is 5.93. The van der Waals surface area contributed by atoms with Gasteiger partial charge in [-0.05, 0) is 46.8 Å². The zero-order chi connectivity index (χ0) is 12.0. The van der Waals surface area contributed by atoms with E-state index in [1.807, 2.05) is 0 Å². The third kappa shape index (κ3) is 2.19. The second kappa shape index (κ2) is 4.03. The van der Waals surface area contributed by atoms with Gasteiger partial charge in [-0.1, -0.05) is 0 Å². The molecule has 1 amide bonds. The highest BCUT2D eigenvalue weighted by Crippen LogP contribution is 2.40. The SMILES string of the molecule is O=C(Nc1ccc(F)c(Br)n1)C1CC2CC2N1. The first kappa shape index (κ1) is 11.1. The van der Waals surface area contributed by atoms with E-state index in [0.717, 1.165) is 6.42 Å². The Kier molecular flexibility index (Phi) is 2.63. The molecule has 2 fully saturated rings. The Bertz CT molecular complexity index is 472. The molecule has 2 heterocycles. The van der Waals surface area contributed by atoms with Crippen molar-refractivity contribution in [3.63, 3.8) is 0 Å². The van der Waals surface area contributed by atoms with E-state index in [-0.39, 0.29) is 16.6 Å². The van der Waals surface area contributed by atoms with Gasteiger partial charge in [-0.2, -0.15) is 0 Å². The molecule has 3 rings (SSSR count). The van der Waals surface area contributed by atoms with Crippen LogP contribution in [0.2, 0.25) is 0 Å². The van der Waals surface area contributed by atoms with Gasteiger partial charge in [-0.25, -0.2) is 9.37 Å². The van der Waals surface area contributed by atoms with E-state index < -0.39 is 5.82 Å². The lowest BCUT2D eigenvalue weighted by Crippen LogP contribution is -2.38. The zero-order valence-electron chi connectivity index (χ0n) is 8.91. The minimum Gasteiger partial charge on any atom is -0.309 e. The number of hydrogen-bond acceptors (Lipinski definition) is 3. The van der Waals surface area contributed by atoms with Gasteiger partial charge in [0, 0.05) is 6.04 Å². The van der Waals surface area contributed by atoms with Crippen LogP contribution in [0, 0.1) is 11.7 Å². The van der Waals surface area contributed by atoms with Gasteiger partial charge in [0.05, 0.1) is 6.04 Å². The molecule has 1 aromatic heterocycles. The summed E-state index contributed by atoms with van der Waals surface area (Å²) >= 11 is 2.98. The van der Waals surface area contributed by atoms with Crippen molar-refractivity contribution in [1.82, 2.24) is 10.3 Å². The Morgan fingerprint density at radius 3 is 3.00 bits per heavy atom. The lowest BCUT2D eigenvalue weighted by Gasteiger charge is -2.12. The van der Waals surface area contributed by atoms with E-state index in [9.17, 15) is 9.18 Å². The molecule has 1 aromatic rings. The van der Waals surface area contributed by atoms with Crippen molar-refractivity contribution in [2.75, 3.05) is 5.32 Å². The van der Waals surface area contributed by atoms with Crippen LogP contribution in [0.1, 0.15) is 12.8 Å². The second-order valence-electron chi connectivity index (χ2n) is 4.52. The third-order valence-corrected chi connectivity index (χ3v) is 3.80. The molecule has 2 N–H and O–H groups in total. The molecule has 1 saturated heterocycles. The van der Waals surface area contributed by atoms with Crippen molar-refractivity contribution in [2.24, 2.45) is 5.92 Å². The standard InChI is InChI=1S/C11H11BrFN3O/c12-10-6(13)1-2-9(15-10)16-11(17)8-4-5-3-7(5)14-8/h1-2,5,7-8,14H,3-4H2,(H,15,16,17). The molecule has 3 atom stereocenters. The van der Waals surface area contributed by atoms with Gasteiger partial charge in [0.2, 0.25) is 5.91 Å². The maximum Gasteiger partial charge on any atom is 0.242 e. The van der Waals surface area contributed by atoms with E-state index in [4.69, 9.17) is 0 Å². The van der Waals surface area contributed by atoms with Gasteiger partial charge >= 0.3 is 0 Å². The lowest BCUT2D eigenvalue weighted by atomic mass is 10.2. The highest BCUT2D eigenvalue weighted by atomic mass is 79.9. The monoisotopic (exact) mass is 299 g/mol. The van der Waals surface area contributed by atoms with E-state index in [0.29, 0.717) is 17.8 Å². The fraction of sp³-hybridized carbons (Fsp3) is 0.455. The van der Waals surface area contributed by atoms with Crippen molar-refractivity contribution < 1.29 is 9.18 Å². The van der Waals surface area contributed by atoms with Crippen LogP contribution in [-0.2, 0) is 4.79 Å². The van der Waals surface area contributed by atoms with Crippen LogP contribution in [0.15, 0.2) is 16.7 Å². The predicted molar refractivity (Wildman–Crippen MR) is 64.0 cm³/mol. The Balaban J connectivity index is 1.65. The number of halogens is 2. The van der Waals surface area contributed by atoms with Gasteiger partial charge in [0.25, 0.3) is 0 Å². The third-order valence-electron chi connectivity index (χ3n) is 3.25.